The van der Waals surface area contributed by atoms with Gasteiger partial charge in [0.2, 0.25) is 0 Å². The van der Waals surface area contributed by atoms with Crippen LogP contribution in [0.4, 0.5) is 0 Å². The molecule has 1 fully saturated rings. The summed E-state index contributed by atoms with van der Waals surface area (Å²) in [5.74, 6) is 0. The number of hydrogen-bond donors (Lipinski definition) is 4. The van der Waals surface area contributed by atoms with Crippen LogP contribution in [0.2, 0.25) is 0 Å². The van der Waals surface area contributed by atoms with Crippen LogP contribution in [0.25, 0.3) is 0 Å². The van der Waals surface area contributed by atoms with Gasteiger partial charge in [0.25, 0.3) is 0 Å². The summed E-state index contributed by atoms with van der Waals surface area (Å²) in [6, 6.07) is 0.510. The number of nitrogens with two attached hydrogens (primary N) is 2. The molecule has 2 atom stereocenters. The highest BCUT2D eigenvalue weighted by Gasteiger charge is 2.52. The molecule has 1 aliphatic rings. The lowest BCUT2D eigenvalue weighted by Gasteiger charge is -2.48. The zero-order valence-electron chi connectivity index (χ0n) is 26.7. The van der Waals surface area contributed by atoms with Gasteiger partial charge in [0.05, 0.1) is 5.66 Å². The van der Waals surface area contributed by atoms with Crippen molar-refractivity contribution in [3.8, 4) is 0 Å². The highest BCUT2D eigenvalue weighted by Crippen LogP contribution is 2.49. The summed E-state index contributed by atoms with van der Waals surface area (Å²) in [6.07, 6.45) is 36.4. The monoisotopic (exact) mass is 539 g/mol. The third-order valence-corrected chi connectivity index (χ3v) is 9.52. The molecule has 0 aromatic rings. The Morgan fingerprint density at radius 3 is 1.47 bits per heavy atom. The average Bonchev–Trinajstić information content (AvgIpc) is 3.30. The van der Waals surface area contributed by atoms with Crippen molar-refractivity contribution in [3.63, 3.8) is 0 Å². The maximum Gasteiger partial charge on any atom is 0.0709 e. The summed E-state index contributed by atoms with van der Waals surface area (Å²) in [7, 11) is 0. The van der Waals surface area contributed by atoms with Crippen LogP contribution in [-0.4, -0.2) is 18.2 Å². The summed E-state index contributed by atoms with van der Waals surface area (Å²) in [6.45, 7) is 7.98. The minimum atomic E-state index is -0.535. The molecule has 0 heterocycles. The van der Waals surface area contributed by atoms with Gasteiger partial charge in [0, 0.05) is 11.5 Å². The highest BCUT2D eigenvalue weighted by molar-refractivity contribution is 5.08. The maximum atomic E-state index is 6.95. The van der Waals surface area contributed by atoms with Crippen LogP contribution in [-0.2, 0) is 0 Å². The molecule has 0 bridgehead atoms. The normalized spacial score (nSPS) is 19.7. The molecule has 4 nitrogen and oxygen atoms in total. The van der Waals surface area contributed by atoms with Crippen molar-refractivity contribution in [2.24, 2.45) is 16.9 Å². The van der Waals surface area contributed by atoms with Crippen LogP contribution < -0.4 is 22.9 Å². The first-order valence-electron chi connectivity index (χ1n) is 17.3. The molecule has 0 amide bonds. The molecule has 0 aromatic heterocycles. The first kappa shape index (κ1) is 37.8. The Bertz CT molecular complexity index is 495. The Balaban J connectivity index is 0.0000137. The molecular formula is C34H74N4. The molecule has 38 heavy (non-hydrogen) atoms. The molecule has 2 unspecified atom stereocenters. The minimum absolute atomic E-state index is 0. The van der Waals surface area contributed by atoms with E-state index < -0.39 is 5.66 Å². The van der Waals surface area contributed by atoms with Gasteiger partial charge in [0.1, 0.15) is 0 Å². The van der Waals surface area contributed by atoms with Crippen molar-refractivity contribution in [2.75, 3.05) is 6.54 Å². The van der Waals surface area contributed by atoms with Crippen molar-refractivity contribution < 1.29 is 0 Å². The van der Waals surface area contributed by atoms with Gasteiger partial charge in [0.15, 0.2) is 0 Å². The predicted molar refractivity (Wildman–Crippen MR) is 172 cm³/mol. The lowest BCUT2D eigenvalue weighted by Crippen LogP contribution is -2.67. The van der Waals surface area contributed by atoms with Crippen LogP contribution in [0.3, 0.4) is 0 Å². The van der Waals surface area contributed by atoms with Gasteiger partial charge in [-0.25, -0.2) is 0 Å². The second kappa shape index (κ2) is 24.6. The van der Waals surface area contributed by atoms with Crippen LogP contribution in [0, 0.1) is 5.41 Å². The second-order valence-corrected chi connectivity index (χ2v) is 12.8. The molecule has 0 spiro atoms. The molecular weight excluding hydrogens is 464 g/mol. The first-order valence-corrected chi connectivity index (χ1v) is 17.3. The van der Waals surface area contributed by atoms with E-state index in [0.29, 0.717) is 6.04 Å². The second-order valence-electron chi connectivity index (χ2n) is 12.8. The Kier molecular flexibility index (Phi) is 24.5. The van der Waals surface area contributed by atoms with E-state index in [2.05, 4.69) is 26.1 Å². The van der Waals surface area contributed by atoms with E-state index in [9.17, 15) is 0 Å². The highest BCUT2D eigenvalue weighted by atomic mass is 15.1. The average molecular weight is 539 g/mol. The summed E-state index contributed by atoms with van der Waals surface area (Å²) < 4.78 is 0. The lowest BCUT2D eigenvalue weighted by atomic mass is 9.66. The van der Waals surface area contributed by atoms with E-state index in [1.165, 1.54) is 161 Å². The van der Waals surface area contributed by atoms with Crippen molar-refractivity contribution in [1.29, 1.82) is 0 Å². The van der Waals surface area contributed by atoms with Crippen LogP contribution >= 0.6 is 0 Å². The van der Waals surface area contributed by atoms with Gasteiger partial charge >= 0.3 is 0 Å². The van der Waals surface area contributed by atoms with E-state index >= 15 is 0 Å². The van der Waals surface area contributed by atoms with E-state index in [4.69, 9.17) is 11.5 Å². The van der Waals surface area contributed by atoms with E-state index in [0.717, 1.165) is 19.4 Å². The third-order valence-electron chi connectivity index (χ3n) is 9.52. The molecule has 8 N–H and O–H groups in total. The van der Waals surface area contributed by atoms with Crippen molar-refractivity contribution in [3.05, 3.63) is 0 Å². The van der Waals surface area contributed by atoms with Crippen molar-refractivity contribution in [2.45, 2.75) is 206 Å². The van der Waals surface area contributed by atoms with E-state index in [1.54, 1.807) is 0 Å². The lowest BCUT2D eigenvalue weighted by molar-refractivity contribution is 0.0685. The Morgan fingerprint density at radius 2 is 1.03 bits per heavy atom. The Morgan fingerprint density at radius 1 is 0.605 bits per heavy atom. The fourth-order valence-electron chi connectivity index (χ4n) is 7.11. The molecule has 0 aliphatic heterocycles. The number of nitrogens with one attached hydrogen (secondary N) is 1. The number of unbranched alkanes of at least 4 members (excludes halogenated alkanes) is 19. The molecule has 0 radical (unpaired) electrons. The molecule has 230 valence electrons. The smallest absolute Gasteiger partial charge is 0.0709 e. The summed E-state index contributed by atoms with van der Waals surface area (Å²) >= 11 is 0. The largest absolute Gasteiger partial charge is 0.344 e. The predicted octanol–water partition coefficient (Wildman–Crippen LogP) is 10.3. The van der Waals surface area contributed by atoms with Crippen LogP contribution in [0.5, 0.6) is 0 Å². The van der Waals surface area contributed by atoms with Crippen molar-refractivity contribution in [1.82, 2.24) is 11.5 Å². The third kappa shape index (κ3) is 15.6. The van der Waals surface area contributed by atoms with Gasteiger partial charge in [-0.15, -0.1) is 0 Å². The first-order chi connectivity index (χ1) is 18.0. The van der Waals surface area contributed by atoms with E-state index in [-0.39, 0.29) is 11.6 Å². The van der Waals surface area contributed by atoms with Gasteiger partial charge in [-0.05, 0) is 38.6 Å². The number of hydrogen-bond acceptors (Lipinski definition) is 4. The molecule has 1 aliphatic carbocycles. The molecule has 1 rings (SSSR count). The fraction of sp³-hybridized carbons (Fsp3) is 1.00. The summed E-state index contributed by atoms with van der Waals surface area (Å²) in [5.41, 5.74) is 13.4. The molecule has 4 heteroatoms. The Hall–Kier alpha value is -0.160. The van der Waals surface area contributed by atoms with Gasteiger partial charge in [-0.1, -0.05) is 162 Å². The zero-order chi connectivity index (χ0) is 27.1. The van der Waals surface area contributed by atoms with Crippen LogP contribution in [0.15, 0.2) is 0 Å². The van der Waals surface area contributed by atoms with Gasteiger partial charge in [-0.3, -0.25) is 0 Å². The van der Waals surface area contributed by atoms with Crippen LogP contribution in [0.1, 0.15) is 194 Å². The standard InChI is InChI=1S/C34H71N3.H3N/c1-4-7-9-11-13-15-16-17-19-21-23-25-31-37-32-27-26-30-33(32,34(35,36)28-6-3)29-24-22-20-18-14-12-10-8-5-2;/h32,37H,4-31,35-36H2,1-3H3;1H3. The topological polar surface area (TPSA) is 99.1 Å². The van der Waals surface area contributed by atoms with Crippen molar-refractivity contribution >= 4 is 0 Å². The maximum absolute atomic E-state index is 6.95. The zero-order valence-corrected chi connectivity index (χ0v) is 26.7. The molecule has 0 saturated heterocycles. The van der Waals surface area contributed by atoms with Gasteiger partial charge in [-0.2, -0.15) is 0 Å². The van der Waals surface area contributed by atoms with E-state index in [1.807, 2.05) is 0 Å². The summed E-state index contributed by atoms with van der Waals surface area (Å²) in [5, 5.41) is 3.99. The van der Waals surface area contributed by atoms with Gasteiger partial charge < -0.3 is 22.9 Å². The number of rotatable bonds is 27. The SMILES string of the molecule is CCCCCCCCCCCCCCNC1CCCC1(CCCCCCCCCCC)C(N)(N)CCC.N. The minimum Gasteiger partial charge on any atom is -0.344 e. The molecule has 1 saturated carbocycles. The fourth-order valence-corrected chi connectivity index (χ4v) is 7.11. The quantitative estimate of drug-likeness (QED) is 0.0617. The molecule has 0 aromatic carbocycles. The summed E-state index contributed by atoms with van der Waals surface area (Å²) in [4.78, 5) is 0. The Labute approximate surface area is 240 Å².